The number of nitrogens with one attached hydrogen (secondary N) is 1. The first kappa shape index (κ1) is 13.9. The molecule has 1 N–H and O–H groups in total. The molecule has 116 valence electrons. The van der Waals surface area contributed by atoms with Crippen molar-refractivity contribution in [3.63, 3.8) is 0 Å². The molecule has 2 fully saturated rings. The van der Waals surface area contributed by atoms with E-state index in [-0.39, 0.29) is 0 Å². The molecule has 5 nitrogen and oxygen atoms in total. The van der Waals surface area contributed by atoms with Gasteiger partial charge in [0.25, 0.3) is 0 Å². The standard InChI is InChI=1S/C17H23N5/c1-2-5-15(6-3-1)22-13-19-20-17(22)12-18-14-8-10-21-9-4-7-16(21)11-14/h1-3,5-6,13-14,16,18H,4,7-12H2. The minimum atomic E-state index is 0.611. The van der Waals surface area contributed by atoms with Crippen LogP contribution in [-0.4, -0.2) is 44.8 Å². The van der Waals surface area contributed by atoms with Crippen LogP contribution < -0.4 is 5.32 Å². The van der Waals surface area contributed by atoms with Crippen molar-refractivity contribution in [3.8, 4) is 5.69 Å². The molecule has 2 unspecified atom stereocenters. The number of nitrogens with zero attached hydrogens (tertiary/aromatic N) is 4. The summed E-state index contributed by atoms with van der Waals surface area (Å²) in [4.78, 5) is 2.66. The summed E-state index contributed by atoms with van der Waals surface area (Å²) in [5.74, 6) is 0.986. The second-order valence-corrected chi connectivity index (χ2v) is 6.39. The summed E-state index contributed by atoms with van der Waals surface area (Å²) in [5, 5.41) is 12.1. The van der Waals surface area contributed by atoms with Crippen LogP contribution in [0.5, 0.6) is 0 Å². The lowest BCUT2D eigenvalue weighted by molar-refractivity contribution is 0.166. The topological polar surface area (TPSA) is 46.0 Å². The third-order valence-corrected chi connectivity index (χ3v) is 5.02. The van der Waals surface area contributed by atoms with Crippen LogP contribution in [0.4, 0.5) is 0 Å². The average molecular weight is 297 g/mol. The Labute approximate surface area is 131 Å². The van der Waals surface area contributed by atoms with Gasteiger partial charge in [0.15, 0.2) is 5.82 Å². The van der Waals surface area contributed by atoms with E-state index < -0.39 is 0 Å². The highest BCUT2D eigenvalue weighted by Gasteiger charge is 2.31. The molecular formula is C17H23N5. The SMILES string of the molecule is c1ccc(-n2cnnc2CNC2CCN3CCCC3C2)cc1. The number of piperidine rings is 1. The van der Waals surface area contributed by atoms with Gasteiger partial charge in [-0.25, -0.2) is 0 Å². The second-order valence-electron chi connectivity index (χ2n) is 6.39. The minimum absolute atomic E-state index is 0.611. The molecule has 0 radical (unpaired) electrons. The Morgan fingerprint density at radius 2 is 2.05 bits per heavy atom. The fourth-order valence-electron chi connectivity index (χ4n) is 3.83. The molecule has 2 aliphatic rings. The Morgan fingerprint density at radius 3 is 2.95 bits per heavy atom. The zero-order valence-corrected chi connectivity index (χ0v) is 12.9. The van der Waals surface area contributed by atoms with Crippen molar-refractivity contribution < 1.29 is 0 Å². The Kier molecular flexibility index (Phi) is 3.91. The summed E-state index contributed by atoms with van der Waals surface area (Å²) in [6.07, 6.45) is 7.07. The highest BCUT2D eigenvalue weighted by molar-refractivity contribution is 5.31. The van der Waals surface area contributed by atoms with E-state index in [1.807, 2.05) is 18.2 Å². The lowest BCUT2D eigenvalue weighted by atomic mass is 9.97. The van der Waals surface area contributed by atoms with Crippen LogP contribution >= 0.6 is 0 Å². The number of hydrogen-bond acceptors (Lipinski definition) is 4. The summed E-state index contributed by atoms with van der Waals surface area (Å²) in [6.45, 7) is 3.33. The molecule has 0 saturated carbocycles. The van der Waals surface area contributed by atoms with Gasteiger partial charge in [0.2, 0.25) is 0 Å². The Bertz CT molecular complexity index is 609. The molecule has 2 atom stereocenters. The van der Waals surface area contributed by atoms with Gasteiger partial charge in [-0.2, -0.15) is 0 Å². The molecule has 2 aromatic rings. The van der Waals surface area contributed by atoms with Crippen LogP contribution in [-0.2, 0) is 6.54 Å². The fourth-order valence-corrected chi connectivity index (χ4v) is 3.83. The van der Waals surface area contributed by atoms with Gasteiger partial charge in [0, 0.05) is 17.8 Å². The van der Waals surface area contributed by atoms with Crippen LogP contribution in [0, 0.1) is 0 Å². The maximum Gasteiger partial charge on any atom is 0.151 e. The first-order chi connectivity index (χ1) is 10.9. The number of para-hydroxylation sites is 1. The van der Waals surface area contributed by atoms with E-state index in [2.05, 4.69) is 37.1 Å². The predicted octanol–water partition coefficient (Wildman–Crippen LogP) is 1.98. The monoisotopic (exact) mass is 297 g/mol. The number of rotatable bonds is 4. The van der Waals surface area contributed by atoms with Gasteiger partial charge in [-0.1, -0.05) is 18.2 Å². The molecule has 2 saturated heterocycles. The maximum atomic E-state index is 4.28. The van der Waals surface area contributed by atoms with Crippen molar-refractivity contribution >= 4 is 0 Å². The molecule has 0 aliphatic carbocycles. The zero-order valence-electron chi connectivity index (χ0n) is 12.9. The first-order valence-electron chi connectivity index (χ1n) is 8.32. The van der Waals surface area contributed by atoms with Gasteiger partial charge in [-0.05, 0) is 50.9 Å². The third kappa shape index (κ3) is 2.78. The Balaban J connectivity index is 1.39. The Hall–Kier alpha value is -1.72. The molecule has 2 aliphatic heterocycles. The number of benzene rings is 1. The summed E-state index contributed by atoms with van der Waals surface area (Å²) in [6, 6.07) is 11.7. The molecule has 1 aromatic carbocycles. The van der Waals surface area contributed by atoms with E-state index in [1.54, 1.807) is 6.33 Å². The largest absolute Gasteiger partial charge is 0.307 e. The van der Waals surface area contributed by atoms with Gasteiger partial charge in [-0.3, -0.25) is 4.57 Å². The summed E-state index contributed by atoms with van der Waals surface area (Å²) < 4.78 is 2.07. The fraction of sp³-hybridized carbons (Fsp3) is 0.529. The lowest BCUT2D eigenvalue weighted by Crippen LogP contribution is -2.45. The van der Waals surface area contributed by atoms with Crippen molar-refractivity contribution in [1.82, 2.24) is 25.0 Å². The van der Waals surface area contributed by atoms with Crippen molar-refractivity contribution in [1.29, 1.82) is 0 Å². The van der Waals surface area contributed by atoms with E-state index in [9.17, 15) is 0 Å². The number of aromatic nitrogens is 3. The summed E-state index contributed by atoms with van der Waals surface area (Å²) in [5.41, 5.74) is 1.12. The highest BCUT2D eigenvalue weighted by Crippen LogP contribution is 2.26. The quantitative estimate of drug-likeness (QED) is 0.937. The Morgan fingerprint density at radius 1 is 1.14 bits per heavy atom. The van der Waals surface area contributed by atoms with Gasteiger partial charge in [0.05, 0.1) is 6.54 Å². The van der Waals surface area contributed by atoms with E-state index >= 15 is 0 Å². The molecule has 3 heterocycles. The average Bonchev–Trinajstić information content (AvgIpc) is 3.22. The maximum absolute atomic E-state index is 4.28. The molecule has 0 spiro atoms. The van der Waals surface area contributed by atoms with E-state index in [0.717, 1.165) is 24.1 Å². The molecule has 1 aromatic heterocycles. The smallest absolute Gasteiger partial charge is 0.151 e. The van der Waals surface area contributed by atoms with Crippen LogP contribution in [0.3, 0.4) is 0 Å². The van der Waals surface area contributed by atoms with Crippen LogP contribution in [0.25, 0.3) is 5.69 Å². The number of fused-ring (bicyclic) bond motifs is 1. The minimum Gasteiger partial charge on any atom is -0.307 e. The lowest BCUT2D eigenvalue weighted by Gasteiger charge is -2.35. The first-order valence-corrected chi connectivity index (χ1v) is 8.32. The van der Waals surface area contributed by atoms with Crippen molar-refractivity contribution in [2.24, 2.45) is 0 Å². The molecular weight excluding hydrogens is 274 g/mol. The number of hydrogen-bond donors (Lipinski definition) is 1. The van der Waals surface area contributed by atoms with Gasteiger partial charge < -0.3 is 10.2 Å². The van der Waals surface area contributed by atoms with Gasteiger partial charge in [0.1, 0.15) is 6.33 Å². The van der Waals surface area contributed by atoms with Crippen molar-refractivity contribution in [2.75, 3.05) is 13.1 Å². The van der Waals surface area contributed by atoms with Crippen molar-refractivity contribution in [2.45, 2.75) is 44.3 Å². The van der Waals surface area contributed by atoms with Crippen LogP contribution in [0.2, 0.25) is 0 Å². The van der Waals surface area contributed by atoms with Crippen LogP contribution in [0.1, 0.15) is 31.5 Å². The molecule has 0 amide bonds. The summed E-state index contributed by atoms with van der Waals surface area (Å²) >= 11 is 0. The highest BCUT2D eigenvalue weighted by atomic mass is 15.3. The van der Waals surface area contributed by atoms with Crippen molar-refractivity contribution in [3.05, 3.63) is 42.5 Å². The zero-order chi connectivity index (χ0) is 14.8. The predicted molar refractivity (Wildman–Crippen MR) is 85.8 cm³/mol. The van der Waals surface area contributed by atoms with E-state index in [4.69, 9.17) is 0 Å². The van der Waals surface area contributed by atoms with E-state index in [0.29, 0.717) is 6.04 Å². The molecule has 0 bridgehead atoms. The van der Waals surface area contributed by atoms with Crippen LogP contribution in [0.15, 0.2) is 36.7 Å². The van der Waals surface area contributed by atoms with Gasteiger partial charge in [-0.15, -0.1) is 10.2 Å². The molecule has 4 rings (SSSR count). The second kappa shape index (κ2) is 6.18. The summed E-state index contributed by atoms with van der Waals surface area (Å²) in [7, 11) is 0. The normalized spacial score (nSPS) is 25.3. The third-order valence-electron chi connectivity index (χ3n) is 5.02. The van der Waals surface area contributed by atoms with Gasteiger partial charge >= 0.3 is 0 Å². The van der Waals surface area contributed by atoms with E-state index in [1.165, 1.54) is 38.8 Å². The molecule has 5 heteroatoms. The molecule has 22 heavy (non-hydrogen) atoms.